The molecule has 0 saturated carbocycles. The van der Waals surface area contributed by atoms with E-state index < -0.39 is 108 Å². The quantitative estimate of drug-likeness (QED) is 0.0152. The van der Waals surface area contributed by atoms with Gasteiger partial charge in [0.05, 0.1) is 6.04 Å². The minimum Gasteiger partial charge on any atom is -0.370 e. The number of guanidine groups is 2. The van der Waals surface area contributed by atoms with Gasteiger partial charge in [-0.15, -0.1) is 0 Å². The number of benzene rings is 3. The molecule has 0 aliphatic heterocycles. The summed E-state index contributed by atoms with van der Waals surface area (Å²) in [5, 5.41) is 22.3. The molecule has 92 heavy (non-hydrogen) atoms. The Hall–Kier alpha value is -8.77. The van der Waals surface area contributed by atoms with Crippen molar-refractivity contribution < 1.29 is 43.2 Å². The Balaban J connectivity index is 2.04. The third kappa shape index (κ3) is 31.3. The van der Waals surface area contributed by atoms with Gasteiger partial charge in [-0.05, 0) is 139 Å². The number of unbranched alkanes of at least 4 members (excludes halogenated alkanes) is 4. The summed E-state index contributed by atoms with van der Waals surface area (Å²) in [6.07, 6.45) is 4.75. The summed E-state index contributed by atoms with van der Waals surface area (Å²) in [5.41, 5.74) is 59.1. The van der Waals surface area contributed by atoms with Crippen LogP contribution >= 0.6 is 0 Å². The first-order chi connectivity index (χ1) is 44.2. The lowest BCUT2D eigenvalue weighted by Gasteiger charge is -2.28. The molecule has 0 saturated heterocycles. The van der Waals surface area contributed by atoms with Gasteiger partial charge in [0.15, 0.2) is 11.9 Å². The van der Waals surface area contributed by atoms with Crippen LogP contribution in [0.2, 0.25) is 0 Å². The van der Waals surface area contributed by atoms with Crippen molar-refractivity contribution in [3.8, 4) is 0 Å². The van der Waals surface area contributed by atoms with Crippen LogP contribution in [0.15, 0.2) is 101 Å². The Morgan fingerprint density at radius 3 is 0.826 bits per heavy atom. The zero-order valence-corrected chi connectivity index (χ0v) is 52.9. The summed E-state index contributed by atoms with van der Waals surface area (Å²) in [6.45, 7) is 1.50. The predicted molar refractivity (Wildman–Crippen MR) is 354 cm³/mol. The SMILES string of the molecule is NCCCC[C@H](NC(=O)[C@H](CCCN=C(N)N)NC(=O)[C@H](Cc1ccccc1)NC(=O)[C@H](Cc1ccccc1)NC(=O)[C@H](CCCCN)NC(=O)[C@H](CCCCN)NC(=O)[C@H](Cc1ccccc1)NC(=O)[C@H](CCCN=C(N)N)NC(=O)[C@@H](N)CCCCN)C(N)=O. The zero-order chi connectivity index (χ0) is 67.6. The number of nitrogens with zero attached hydrogens (tertiary/aromatic N) is 2. The van der Waals surface area contributed by atoms with Crippen LogP contribution in [-0.2, 0) is 62.4 Å². The maximum atomic E-state index is 14.9. The molecule has 0 aliphatic carbocycles. The highest BCUT2D eigenvalue weighted by molar-refractivity contribution is 5.98. The molecule has 3 rings (SSSR count). The fourth-order valence-electron chi connectivity index (χ4n) is 9.85. The lowest BCUT2D eigenvalue weighted by atomic mass is 10.0. The van der Waals surface area contributed by atoms with Gasteiger partial charge in [-0.25, -0.2) is 0 Å². The first kappa shape index (κ1) is 77.5. The number of carbonyl (C=O) groups excluding carboxylic acids is 9. The number of nitrogens with two attached hydrogens (primary N) is 10. The molecule has 9 amide bonds. The van der Waals surface area contributed by atoms with Crippen LogP contribution in [0.4, 0.5) is 0 Å². The number of carbonyl (C=O) groups is 9. The molecular weight excluding hydrogens is 1180 g/mol. The highest BCUT2D eigenvalue weighted by Crippen LogP contribution is 2.14. The number of amides is 9. The Kier molecular flexibility index (Phi) is 37.6. The smallest absolute Gasteiger partial charge is 0.243 e. The molecule has 3 aromatic carbocycles. The van der Waals surface area contributed by atoms with Gasteiger partial charge in [-0.3, -0.25) is 53.1 Å². The normalized spacial score (nSPS) is 13.9. The molecule has 0 aliphatic rings. The summed E-state index contributed by atoms with van der Waals surface area (Å²) in [6, 6.07) is 15.2. The molecule has 0 radical (unpaired) electrons. The molecule has 0 heterocycles. The number of aliphatic imine (C=N–C) groups is 2. The second-order valence-corrected chi connectivity index (χ2v) is 22.6. The van der Waals surface area contributed by atoms with Gasteiger partial charge in [0, 0.05) is 32.4 Å². The van der Waals surface area contributed by atoms with Gasteiger partial charge in [0.1, 0.15) is 48.3 Å². The number of hydrogen-bond acceptors (Lipinski definition) is 16. The van der Waals surface area contributed by atoms with Crippen LogP contribution in [0.3, 0.4) is 0 Å². The number of primary amides is 1. The average Bonchev–Trinajstić information content (AvgIpc) is 1.98. The third-order valence-corrected chi connectivity index (χ3v) is 15.0. The minimum atomic E-state index is -1.39. The molecular formula is C63H102N20O9. The van der Waals surface area contributed by atoms with Crippen LogP contribution < -0.4 is 99.9 Å². The second kappa shape index (κ2) is 44.7. The fraction of sp³-hybridized carbons (Fsp3) is 0.540. The molecule has 0 aromatic heterocycles. The summed E-state index contributed by atoms with van der Waals surface area (Å²) in [4.78, 5) is 136. The van der Waals surface area contributed by atoms with E-state index in [4.69, 9.17) is 57.3 Å². The first-order valence-corrected chi connectivity index (χ1v) is 31.7. The largest absolute Gasteiger partial charge is 0.370 e. The van der Waals surface area contributed by atoms with Crippen molar-refractivity contribution in [1.82, 2.24) is 42.5 Å². The standard InChI is InChI=1S/C63H102N20O9/c64-32-14-10-26-44(68)54(85)77-48(30-18-36-74-62(70)71)58(89)81-50(38-41-20-4-1-5-21-41)59(90)79-46(28-12-16-34-66)56(87)78-47(29-13-17-35-67)57(88)82-52(40-43-24-8-3-9-25-43)61(92)83-51(39-42-22-6-2-7-23-42)60(91)80-49(31-19-37-75-63(72)73)55(86)76-45(53(69)84)27-11-15-33-65/h1-9,20-25,44-52H,10-19,26-40,64-68H2,(H2,69,84)(H,76,86)(H,77,85)(H,78,87)(H,79,90)(H,80,91)(H,81,89)(H,82,88)(H,83,92)(H4,70,71,74)(H4,72,73,75)/t44-,45-,46-,47-,48-,49-,50-,51-,52-/m0/s1. The number of rotatable bonds is 47. The van der Waals surface area contributed by atoms with E-state index in [0.717, 1.165) is 0 Å². The van der Waals surface area contributed by atoms with Crippen molar-refractivity contribution in [2.75, 3.05) is 39.3 Å². The summed E-state index contributed by atoms with van der Waals surface area (Å²) >= 11 is 0. The molecule has 0 bridgehead atoms. The molecule has 0 spiro atoms. The Morgan fingerprint density at radius 2 is 0.543 bits per heavy atom. The first-order valence-electron chi connectivity index (χ1n) is 31.7. The molecule has 29 heteroatoms. The molecule has 9 atom stereocenters. The molecule has 3 aromatic rings. The molecule has 28 N–H and O–H groups in total. The van der Waals surface area contributed by atoms with Crippen molar-refractivity contribution in [3.63, 3.8) is 0 Å². The van der Waals surface area contributed by atoms with Gasteiger partial charge in [-0.2, -0.15) is 0 Å². The maximum Gasteiger partial charge on any atom is 0.243 e. The lowest BCUT2D eigenvalue weighted by molar-refractivity contribution is -0.136. The van der Waals surface area contributed by atoms with Crippen molar-refractivity contribution >= 4 is 65.1 Å². The van der Waals surface area contributed by atoms with E-state index in [1.54, 1.807) is 91.0 Å². The van der Waals surface area contributed by atoms with E-state index in [0.29, 0.717) is 87.6 Å². The van der Waals surface area contributed by atoms with Gasteiger partial charge in [0.2, 0.25) is 53.2 Å². The van der Waals surface area contributed by atoms with Crippen molar-refractivity contribution in [2.45, 2.75) is 176 Å². The van der Waals surface area contributed by atoms with E-state index >= 15 is 0 Å². The fourth-order valence-corrected chi connectivity index (χ4v) is 9.85. The third-order valence-electron chi connectivity index (χ3n) is 15.0. The molecule has 0 fully saturated rings. The van der Waals surface area contributed by atoms with Gasteiger partial charge < -0.3 is 99.9 Å². The van der Waals surface area contributed by atoms with Gasteiger partial charge in [-0.1, -0.05) is 97.4 Å². The van der Waals surface area contributed by atoms with E-state index in [2.05, 4.69) is 52.5 Å². The summed E-state index contributed by atoms with van der Waals surface area (Å²) in [5.74, 6) is -7.06. The zero-order valence-electron chi connectivity index (χ0n) is 52.9. The Morgan fingerprint density at radius 1 is 0.304 bits per heavy atom. The van der Waals surface area contributed by atoms with E-state index in [-0.39, 0.29) is 102 Å². The van der Waals surface area contributed by atoms with Crippen LogP contribution in [0.5, 0.6) is 0 Å². The maximum absolute atomic E-state index is 14.9. The van der Waals surface area contributed by atoms with E-state index in [9.17, 15) is 43.2 Å². The number of hydrogen-bond donors (Lipinski definition) is 18. The Bertz CT molecular complexity index is 2780. The van der Waals surface area contributed by atoms with Crippen molar-refractivity contribution in [3.05, 3.63) is 108 Å². The average molecular weight is 1280 g/mol. The second-order valence-electron chi connectivity index (χ2n) is 22.6. The monoisotopic (exact) mass is 1280 g/mol. The summed E-state index contributed by atoms with van der Waals surface area (Å²) < 4.78 is 0. The van der Waals surface area contributed by atoms with Crippen LogP contribution in [0.1, 0.15) is 119 Å². The van der Waals surface area contributed by atoms with E-state index in [1.807, 2.05) is 0 Å². The van der Waals surface area contributed by atoms with Crippen molar-refractivity contribution in [2.24, 2.45) is 67.3 Å². The van der Waals surface area contributed by atoms with Gasteiger partial charge in [0.25, 0.3) is 0 Å². The van der Waals surface area contributed by atoms with E-state index in [1.165, 1.54) is 0 Å². The van der Waals surface area contributed by atoms with Crippen LogP contribution in [0.25, 0.3) is 0 Å². The van der Waals surface area contributed by atoms with Crippen LogP contribution in [0, 0.1) is 0 Å². The topological polar surface area (TPSA) is 535 Å². The van der Waals surface area contributed by atoms with Crippen molar-refractivity contribution in [1.29, 1.82) is 0 Å². The minimum absolute atomic E-state index is 0.00132. The highest BCUT2D eigenvalue weighted by Gasteiger charge is 2.35. The molecule has 508 valence electrons. The highest BCUT2D eigenvalue weighted by atomic mass is 16.2. The summed E-state index contributed by atoms with van der Waals surface area (Å²) in [7, 11) is 0. The van der Waals surface area contributed by atoms with Gasteiger partial charge >= 0.3 is 0 Å². The Labute approximate surface area is 539 Å². The molecule has 29 nitrogen and oxygen atoms in total. The lowest BCUT2D eigenvalue weighted by Crippen LogP contribution is -2.61. The predicted octanol–water partition coefficient (Wildman–Crippen LogP) is -2.97. The molecule has 0 unspecified atom stereocenters. The number of nitrogens with one attached hydrogen (secondary N) is 8. The van der Waals surface area contributed by atoms with Crippen LogP contribution in [-0.4, -0.2) is 159 Å².